The van der Waals surface area contributed by atoms with Crippen LogP contribution in [-0.2, 0) is 11.8 Å². The van der Waals surface area contributed by atoms with E-state index in [1.165, 1.54) is 6.42 Å². The average Bonchev–Trinajstić information content (AvgIpc) is 2.75. The zero-order chi connectivity index (χ0) is 12.3. The third kappa shape index (κ3) is 2.49. The highest BCUT2D eigenvalue weighted by Gasteiger charge is 2.38. The summed E-state index contributed by atoms with van der Waals surface area (Å²) in [6, 6.07) is 1.80. The highest BCUT2D eigenvalue weighted by Crippen LogP contribution is 2.36. The number of aryl methyl sites for hydroxylation is 1. The van der Waals surface area contributed by atoms with Gasteiger partial charge in [0.1, 0.15) is 0 Å². The van der Waals surface area contributed by atoms with Gasteiger partial charge in [-0.1, -0.05) is 19.3 Å². The van der Waals surface area contributed by atoms with Crippen molar-refractivity contribution in [1.29, 1.82) is 0 Å². The Kier molecular flexibility index (Phi) is 3.47. The van der Waals surface area contributed by atoms with Crippen LogP contribution in [0.25, 0.3) is 0 Å². The van der Waals surface area contributed by atoms with Crippen LogP contribution in [0.4, 0.5) is 5.82 Å². The fourth-order valence-corrected chi connectivity index (χ4v) is 2.48. The molecule has 5 heteroatoms. The van der Waals surface area contributed by atoms with Gasteiger partial charge in [-0.3, -0.25) is 9.48 Å². The Morgan fingerprint density at radius 3 is 2.76 bits per heavy atom. The van der Waals surface area contributed by atoms with Crippen molar-refractivity contribution in [2.45, 2.75) is 32.1 Å². The van der Waals surface area contributed by atoms with E-state index in [0.29, 0.717) is 12.4 Å². The van der Waals surface area contributed by atoms with Gasteiger partial charge in [-0.15, -0.1) is 0 Å². The first-order valence-electron chi connectivity index (χ1n) is 6.17. The predicted octanol–water partition coefficient (Wildman–Crippen LogP) is 1.27. The molecule has 1 aliphatic rings. The Bertz CT molecular complexity index is 393. The van der Waals surface area contributed by atoms with Crippen molar-refractivity contribution in [3.8, 4) is 0 Å². The van der Waals surface area contributed by atoms with E-state index in [2.05, 4.69) is 10.4 Å². The number of hydrogen-bond donors (Lipinski definition) is 2. The Balaban J connectivity index is 2.07. The molecule has 2 rings (SSSR count). The maximum absolute atomic E-state index is 12.3. The highest BCUT2D eigenvalue weighted by molar-refractivity contribution is 5.94. The quantitative estimate of drug-likeness (QED) is 0.830. The molecule has 94 valence electrons. The van der Waals surface area contributed by atoms with Crippen molar-refractivity contribution in [3.63, 3.8) is 0 Å². The number of aromatic nitrogens is 2. The Morgan fingerprint density at radius 2 is 2.24 bits per heavy atom. The van der Waals surface area contributed by atoms with Gasteiger partial charge in [-0.25, -0.2) is 0 Å². The average molecular weight is 236 g/mol. The molecule has 1 fully saturated rings. The van der Waals surface area contributed by atoms with E-state index in [-0.39, 0.29) is 11.3 Å². The molecule has 1 saturated carbocycles. The molecule has 1 aromatic rings. The normalized spacial score (nSPS) is 18.9. The van der Waals surface area contributed by atoms with Gasteiger partial charge >= 0.3 is 0 Å². The molecule has 3 N–H and O–H groups in total. The number of carbonyl (C=O) groups is 1. The summed E-state index contributed by atoms with van der Waals surface area (Å²) in [5, 5.41) is 7.03. The molecule has 1 heterocycles. The molecule has 1 amide bonds. The van der Waals surface area contributed by atoms with Gasteiger partial charge < -0.3 is 11.1 Å². The molecule has 0 atom stereocenters. The third-order valence-corrected chi connectivity index (χ3v) is 3.64. The Morgan fingerprint density at radius 1 is 1.53 bits per heavy atom. The van der Waals surface area contributed by atoms with Gasteiger partial charge in [0.15, 0.2) is 5.82 Å². The van der Waals surface area contributed by atoms with Crippen molar-refractivity contribution in [2.24, 2.45) is 18.2 Å². The fraction of sp³-hybridized carbons (Fsp3) is 0.667. The smallest absolute Gasteiger partial charge is 0.233 e. The van der Waals surface area contributed by atoms with Crippen molar-refractivity contribution in [3.05, 3.63) is 12.3 Å². The Hall–Kier alpha value is -1.36. The lowest BCUT2D eigenvalue weighted by atomic mass is 9.73. The molecule has 0 bridgehead atoms. The second kappa shape index (κ2) is 4.87. The van der Waals surface area contributed by atoms with E-state index in [1.807, 2.05) is 13.2 Å². The summed E-state index contributed by atoms with van der Waals surface area (Å²) in [6.07, 6.45) is 6.98. The zero-order valence-electron chi connectivity index (χ0n) is 10.3. The first kappa shape index (κ1) is 12.1. The first-order chi connectivity index (χ1) is 8.16. The van der Waals surface area contributed by atoms with Crippen molar-refractivity contribution < 1.29 is 4.79 Å². The minimum absolute atomic E-state index is 0.0263. The van der Waals surface area contributed by atoms with Crippen LogP contribution in [-0.4, -0.2) is 22.2 Å². The summed E-state index contributed by atoms with van der Waals surface area (Å²) < 4.78 is 1.67. The van der Waals surface area contributed by atoms with Gasteiger partial charge in [0, 0.05) is 25.9 Å². The molecule has 0 spiro atoms. The fourth-order valence-electron chi connectivity index (χ4n) is 2.48. The number of amides is 1. The van der Waals surface area contributed by atoms with Crippen LogP contribution >= 0.6 is 0 Å². The molecule has 17 heavy (non-hydrogen) atoms. The van der Waals surface area contributed by atoms with Crippen LogP contribution in [0.2, 0.25) is 0 Å². The first-order valence-corrected chi connectivity index (χ1v) is 6.17. The van der Waals surface area contributed by atoms with Crippen molar-refractivity contribution in [1.82, 2.24) is 9.78 Å². The maximum Gasteiger partial charge on any atom is 0.233 e. The van der Waals surface area contributed by atoms with Crippen LogP contribution in [0.1, 0.15) is 32.1 Å². The number of nitrogens with two attached hydrogens (primary N) is 1. The number of nitrogens with one attached hydrogen (secondary N) is 1. The molecular formula is C12H20N4O. The molecule has 0 aliphatic heterocycles. The maximum atomic E-state index is 12.3. The standard InChI is InChI=1S/C12H20N4O/c1-16-8-5-10(15-16)14-11(17)12(9-13)6-3-2-4-7-12/h5,8H,2-4,6-7,9,13H2,1H3,(H,14,15,17). The molecule has 1 aliphatic carbocycles. The van der Waals surface area contributed by atoms with Gasteiger partial charge in [-0.2, -0.15) is 5.10 Å². The van der Waals surface area contributed by atoms with E-state index in [0.717, 1.165) is 25.7 Å². The summed E-state index contributed by atoms with van der Waals surface area (Å²) in [5.41, 5.74) is 5.43. The number of hydrogen-bond acceptors (Lipinski definition) is 3. The summed E-state index contributed by atoms with van der Waals surface area (Å²) >= 11 is 0. The third-order valence-electron chi connectivity index (χ3n) is 3.64. The van der Waals surface area contributed by atoms with E-state index in [9.17, 15) is 4.79 Å². The number of rotatable bonds is 3. The number of nitrogens with zero attached hydrogens (tertiary/aromatic N) is 2. The summed E-state index contributed by atoms with van der Waals surface area (Å²) in [6.45, 7) is 0.422. The van der Waals surface area contributed by atoms with E-state index < -0.39 is 0 Å². The topological polar surface area (TPSA) is 72.9 Å². The monoisotopic (exact) mass is 236 g/mol. The van der Waals surface area contributed by atoms with Crippen molar-refractivity contribution in [2.75, 3.05) is 11.9 Å². The number of anilines is 1. The molecular weight excluding hydrogens is 216 g/mol. The van der Waals surface area contributed by atoms with Gasteiger partial charge in [0.2, 0.25) is 5.91 Å². The summed E-state index contributed by atoms with van der Waals surface area (Å²) in [5.74, 6) is 0.634. The molecule has 1 aromatic heterocycles. The lowest BCUT2D eigenvalue weighted by molar-refractivity contribution is -0.126. The second-order valence-electron chi connectivity index (χ2n) is 4.87. The second-order valence-corrected chi connectivity index (χ2v) is 4.87. The van der Waals surface area contributed by atoms with Crippen LogP contribution in [0.5, 0.6) is 0 Å². The van der Waals surface area contributed by atoms with Gasteiger partial charge in [-0.05, 0) is 12.8 Å². The zero-order valence-corrected chi connectivity index (χ0v) is 10.3. The van der Waals surface area contributed by atoms with Gasteiger partial charge in [0.25, 0.3) is 0 Å². The minimum Gasteiger partial charge on any atom is -0.329 e. The van der Waals surface area contributed by atoms with Crippen LogP contribution < -0.4 is 11.1 Å². The number of carbonyl (C=O) groups excluding carboxylic acids is 1. The highest BCUT2D eigenvalue weighted by atomic mass is 16.2. The molecule has 0 unspecified atom stereocenters. The van der Waals surface area contributed by atoms with Gasteiger partial charge in [0.05, 0.1) is 5.41 Å². The van der Waals surface area contributed by atoms with E-state index in [4.69, 9.17) is 5.73 Å². The molecule has 0 saturated heterocycles. The molecule has 5 nitrogen and oxygen atoms in total. The molecule has 0 radical (unpaired) electrons. The van der Waals surface area contributed by atoms with Crippen LogP contribution in [0.15, 0.2) is 12.3 Å². The Labute approximate surface area is 101 Å². The largest absolute Gasteiger partial charge is 0.329 e. The van der Waals surface area contributed by atoms with Crippen LogP contribution in [0, 0.1) is 5.41 Å². The van der Waals surface area contributed by atoms with Crippen molar-refractivity contribution >= 4 is 11.7 Å². The SMILES string of the molecule is Cn1ccc(NC(=O)C2(CN)CCCCC2)n1. The minimum atomic E-state index is -0.379. The molecule has 0 aromatic carbocycles. The lowest BCUT2D eigenvalue weighted by Crippen LogP contribution is -2.43. The summed E-state index contributed by atoms with van der Waals surface area (Å²) in [7, 11) is 1.83. The van der Waals surface area contributed by atoms with E-state index in [1.54, 1.807) is 10.7 Å². The van der Waals surface area contributed by atoms with E-state index >= 15 is 0 Å². The summed E-state index contributed by atoms with van der Waals surface area (Å²) in [4.78, 5) is 12.3. The lowest BCUT2D eigenvalue weighted by Gasteiger charge is -2.34. The predicted molar refractivity (Wildman–Crippen MR) is 66.4 cm³/mol. The van der Waals surface area contributed by atoms with Crippen LogP contribution in [0.3, 0.4) is 0 Å².